The van der Waals surface area contributed by atoms with Crippen molar-refractivity contribution in [3.63, 3.8) is 0 Å². The van der Waals surface area contributed by atoms with E-state index in [0.717, 1.165) is 29.9 Å². The Kier molecular flexibility index (Phi) is 5.53. The van der Waals surface area contributed by atoms with Crippen molar-refractivity contribution in [2.75, 3.05) is 13.7 Å². The van der Waals surface area contributed by atoms with Crippen LogP contribution in [0.4, 0.5) is 0 Å². The van der Waals surface area contributed by atoms with Gasteiger partial charge in [0.05, 0.1) is 35.8 Å². The molecule has 1 unspecified atom stereocenters. The maximum atomic E-state index is 6.10. The topological polar surface area (TPSA) is 47.0 Å². The Balaban J connectivity index is 2.37. The first kappa shape index (κ1) is 15.7. The molecule has 5 heteroatoms. The number of halogens is 1. The van der Waals surface area contributed by atoms with E-state index in [1.54, 1.807) is 13.3 Å². The van der Waals surface area contributed by atoms with Crippen molar-refractivity contribution in [2.45, 2.75) is 26.3 Å². The summed E-state index contributed by atoms with van der Waals surface area (Å²) in [6.07, 6.45) is 4.63. The van der Waals surface area contributed by atoms with E-state index in [2.05, 4.69) is 22.2 Å². The summed E-state index contributed by atoms with van der Waals surface area (Å²) in [4.78, 5) is 8.82. The second kappa shape index (κ2) is 7.38. The number of methoxy groups -OCH3 is 1. The van der Waals surface area contributed by atoms with Crippen LogP contribution in [0.1, 0.15) is 36.3 Å². The Labute approximate surface area is 130 Å². The highest BCUT2D eigenvalue weighted by Gasteiger charge is 2.16. The van der Waals surface area contributed by atoms with E-state index >= 15 is 0 Å². The van der Waals surface area contributed by atoms with Gasteiger partial charge in [-0.1, -0.05) is 24.6 Å². The van der Waals surface area contributed by atoms with Gasteiger partial charge >= 0.3 is 0 Å². The molecular formula is C16H20ClN3O. The summed E-state index contributed by atoms with van der Waals surface area (Å²) in [6, 6.07) is 5.75. The second-order valence-corrected chi connectivity index (χ2v) is 5.27. The van der Waals surface area contributed by atoms with Crippen LogP contribution in [0, 0.1) is 6.92 Å². The maximum Gasteiger partial charge on any atom is 0.137 e. The predicted octanol–water partition coefficient (Wildman–Crippen LogP) is 3.54. The van der Waals surface area contributed by atoms with Crippen LogP contribution in [0.2, 0.25) is 5.02 Å². The Morgan fingerprint density at radius 3 is 2.71 bits per heavy atom. The molecule has 1 N–H and O–H groups in total. The van der Waals surface area contributed by atoms with Gasteiger partial charge in [0.1, 0.15) is 5.75 Å². The van der Waals surface area contributed by atoms with Crippen molar-refractivity contribution in [1.29, 1.82) is 0 Å². The van der Waals surface area contributed by atoms with Gasteiger partial charge in [-0.3, -0.25) is 9.97 Å². The average Bonchev–Trinajstić information content (AvgIpc) is 2.50. The fourth-order valence-electron chi connectivity index (χ4n) is 2.09. The summed E-state index contributed by atoms with van der Waals surface area (Å²) < 4.78 is 5.30. The number of benzene rings is 1. The van der Waals surface area contributed by atoms with Gasteiger partial charge in [-0.15, -0.1) is 0 Å². The molecule has 0 amide bonds. The number of hydrogen-bond acceptors (Lipinski definition) is 4. The molecule has 112 valence electrons. The third-order valence-corrected chi connectivity index (χ3v) is 3.52. The summed E-state index contributed by atoms with van der Waals surface area (Å²) >= 11 is 6.10. The molecule has 2 aromatic rings. The van der Waals surface area contributed by atoms with Gasteiger partial charge in [-0.05, 0) is 37.6 Å². The highest BCUT2D eigenvalue weighted by Crippen LogP contribution is 2.29. The smallest absolute Gasteiger partial charge is 0.137 e. The van der Waals surface area contributed by atoms with Gasteiger partial charge in [0.15, 0.2) is 0 Å². The molecule has 1 heterocycles. The Morgan fingerprint density at radius 1 is 1.29 bits per heavy atom. The molecule has 1 aromatic carbocycles. The lowest BCUT2D eigenvalue weighted by Crippen LogP contribution is -2.24. The number of rotatable bonds is 6. The molecule has 21 heavy (non-hydrogen) atoms. The van der Waals surface area contributed by atoms with Crippen molar-refractivity contribution in [3.05, 3.63) is 52.6 Å². The van der Waals surface area contributed by atoms with E-state index in [4.69, 9.17) is 16.3 Å². The Hall–Kier alpha value is -1.65. The minimum absolute atomic E-state index is 0.0239. The molecule has 0 fully saturated rings. The summed E-state index contributed by atoms with van der Waals surface area (Å²) in [6.45, 7) is 4.95. The van der Waals surface area contributed by atoms with Crippen LogP contribution >= 0.6 is 11.6 Å². The van der Waals surface area contributed by atoms with Crippen molar-refractivity contribution in [2.24, 2.45) is 0 Å². The number of nitrogens with one attached hydrogen (secondary N) is 1. The van der Waals surface area contributed by atoms with E-state index < -0.39 is 0 Å². The highest BCUT2D eigenvalue weighted by molar-refractivity contribution is 6.32. The van der Waals surface area contributed by atoms with Gasteiger partial charge in [0, 0.05) is 6.20 Å². The zero-order valence-corrected chi connectivity index (χ0v) is 13.3. The van der Waals surface area contributed by atoms with Crippen LogP contribution < -0.4 is 10.1 Å². The largest absolute Gasteiger partial charge is 0.495 e. The summed E-state index contributed by atoms with van der Waals surface area (Å²) in [5, 5.41) is 4.09. The van der Waals surface area contributed by atoms with Crippen molar-refractivity contribution >= 4 is 11.6 Å². The molecule has 4 nitrogen and oxygen atoms in total. The van der Waals surface area contributed by atoms with Crippen molar-refractivity contribution in [1.82, 2.24) is 15.3 Å². The van der Waals surface area contributed by atoms with Crippen LogP contribution in [0.15, 0.2) is 30.6 Å². The van der Waals surface area contributed by atoms with E-state index in [9.17, 15) is 0 Å². The first-order valence-electron chi connectivity index (χ1n) is 7.01. The number of nitrogens with zero attached hydrogens (tertiary/aromatic N) is 2. The van der Waals surface area contributed by atoms with Crippen LogP contribution in [0.25, 0.3) is 0 Å². The highest BCUT2D eigenvalue weighted by atomic mass is 35.5. The van der Waals surface area contributed by atoms with Crippen LogP contribution in [-0.2, 0) is 0 Å². The van der Waals surface area contributed by atoms with Gasteiger partial charge in [-0.2, -0.15) is 0 Å². The molecule has 0 aliphatic heterocycles. The van der Waals surface area contributed by atoms with Gasteiger partial charge in [-0.25, -0.2) is 0 Å². The molecule has 1 aromatic heterocycles. The molecule has 0 aliphatic carbocycles. The first-order valence-corrected chi connectivity index (χ1v) is 7.39. The molecular weight excluding hydrogens is 286 g/mol. The van der Waals surface area contributed by atoms with Crippen LogP contribution in [0.3, 0.4) is 0 Å². The Bertz CT molecular complexity index is 587. The van der Waals surface area contributed by atoms with Crippen LogP contribution in [-0.4, -0.2) is 23.6 Å². The first-order chi connectivity index (χ1) is 10.2. The lowest BCUT2D eigenvalue weighted by Gasteiger charge is -2.19. The van der Waals surface area contributed by atoms with Gasteiger partial charge < -0.3 is 10.1 Å². The summed E-state index contributed by atoms with van der Waals surface area (Å²) in [5.74, 6) is 0.664. The molecule has 0 spiro atoms. The molecule has 0 radical (unpaired) electrons. The number of aromatic nitrogens is 2. The molecule has 0 bridgehead atoms. The normalized spacial score (nSPS) is 12.2. The number of hydrogen-bond donors (Lipinski definition) is 1. The molecule has 0 aliphatic rings. The van der Waals surface area contributed by atoms with Crippen molar-refractivity contribution in [3.8, 4) is 5.75 Å². The number of aryl methyl sites for hydroxylation is 1. The van der Waals surface area contributed by atoms with E-state index in [1.807, 2.05) is 31.3 Å². The standard InChI is InChI=1S/C16H20ClN3O/c1-4-7-18-16(14-10-19-11(2)9-20-14)12-5-6-13(17)15(8-12)21-3/h5-6,8-10,16,18H,4,7H2,1-3H3. The van der Waals surface area contributed by atoms with E-state index in [0.29, 0.717) is 10.8 Å². The van der Waals surface area contributed by atoms with Gasteiger partial charge in [0.2, 0.25) is 0 Å². The molecule has 0 saturated carbocycles. The third kappa shape index (κ3) is 3.93. The fraction of sp³-hybridized carbons (Fsp3) is 0.375. The van der Waals surface area contributed by atoms with Gasteiger partial charge in [0.25, 0.3) is 0 Å². The van der Waals surface area contributed by atoms with E-state index in [-0.39, 0.29) is 6.04 Å². The fourth-order valence-corrected chi connectivity index (χ4v) is 2.28. The third-order valence-electron chi connectivity index (χ3n) is 3.20. The molecule has 0 saturated heterocycles. The predicted molar refractivity (Wildman–Crippen MR) is 84.9 cm³/mol. The molecule has 2 rings (SSSR count). The minimum Gasteiger partial charge on any atom is -0.495 e. The molecule has 1 atom stereocenters. The number of ether oxygens (including phenoxy) is 1. The lowest BCUT2D eigenvalue weighted by molar-refractivity contribution is 0.413. The monoisotopic (exact) mass is 305 g/mol. The maximum absolute atomic E-state index is 6.10. The summed E-state index contributed by atoms with van der Waals surface area (Å²) in [7, 11) is 1.62. The zero-order valence-electron chi connectivity index (χ0n) is 12.6. The van der Waals surface area contributed by atoms with Crippen molar-refractivity contribution < 1.29 is 4.74 Å². The van der Waals surface area contributed by atoms with Crippen LogP contribution in [0.5, 0.6) is 5.75 Å². The summed E-state index contributed by atoms with van der Waals surface area (Å²) in [5.41, 5.74) is 2.85. The minimum atomic E-state index is -0.0239. The second-order valence-electron chi connectivity index (χ2n) is 4.86. The Morgan fingerprint density at radius 2 is 2.10 bits per heavy atom. The average molecular weight is 306 g/mol. The van der Waals surface area contributed by atoms with E-state index in [1.165, 1.54) is 0 Å². The SMILES string of the molecule is CCCNC(c1ccc(Cl)c(OC)c1)c1cnc(C)cn1. The quantitative estimate of drug-likeness (QED) is 0.887. The lowest BCUT2D eigenvalue weighted by atomic mass is 10.0. The zero-order chi connectivity index (χ0) is 15.2.